The molecule has 0 aliphatic carbocycles. The second-order valence-electron chi connectivity index (χ2n) is 4.60. The van der Waals surface area contributed by atoms with Crippen LogP contribution in [0, 0.1) is 6.92 Å². The smallest absolute Gasteiger partial charge is 0.0945 e. The number of hydrogen-bond donors (Lipinski definition) is 2. The van der Waals surface area contributed by atoms with E-state index >= 15 is 0 Å². The minimum absolute atomic E-state index is 0.00632. The molecule has 108 valence electrons. The van der Waals surface area contributed by atoms with Crippen LogP contribution < -0.4 is 5.32 Å². The summed E-state index contributed by atoms with van der Waals surface area (Å²) in [6.07, 6.45) is -0.549. The van der Waals surface area contributed by atoms with Gasteiger partial charge < -0.3 is 19.9 Å². The molecule has 2 atom stereocenters. The molecule has 4 nitrogen and oxygen atoms in total. The maximum absolute atomic E-state index is 9.81. The van der Waals surface area contributed by atoms with Crippen molar-refractivity contribution in [3.63, 3.8) is 0 Å². The molecule has 0 spiro atoms. The number of ether oxygens (including phenoxy) is 2. The van der Waals surface area contributed by atoms with Gasteiger partial charge in [0.05, 0.1) is 25.4 Å². The molecule has 5 heteroatoms. The fourth-order valence-electron chi connectivity index (χ4n) is 1.56. The van der Waals surface area contributed by atoms with Crippen LogP contribution in [0.15, 0.2) is 22.7 Å². The van der Waals surface area contributed by atoms with Gasteiger partial charge in [0, 0.05) is 23.8 Å². The van der Waals surface area contributed by atoms with Crippen molar-refractivity contribution in [3.05, 3.63) is 28.2 Å². The molecular weight excluding hydrogens is 310 g/mol. The molecule has 0 saturated carbocycles. The summed E-state index contributed by atoms with van der Waals surface area (Å²) in [6, 6.07) is 6.01. The Morgan fingerprint density at radius 1 is 1.37 bits per heavy atom. The number of nitrogens with one attached hydrogen (secondary N) is 1. The molecule has 0 saturated heterocycles. The van der Waals surface area contributed by atoms with Gasteiger partial charge in [-0.15, -0.1) is 0 Å². The molecule has 0 fully saturated rings. The van der Waals surface area contributed by atoms with Crippen molar-refractivity contribution in [1.29, 1.82) is 0 Å². The first-order valence-electron chi connectivity index (χ1n) is 6.31. The van der Waals surface area contributed by atoms with Crippen LogP contribution in [0.4, 0.5) is 5.69 Å². The Morgan fingerprint density at radius 2 is 2.11 bits per heavy atom. The fraction of sp³-hybridized carbons (Fsp3) is 0.571. The van der Waals surface area contributed by atoms with Gasteiger partial charge >= 0.3 is 0 Å². The number of rotatable bonds is 8. The number of hydrogen-bond acceptors (Lipinski definition) is 4. The van der Waals surface area contributed by atoms with Crippen LogP contribution in [0.5, 0.6) is 0 Å². The molecule has 0 heterocycles. The zero-order valence-electron chi connectivity index (χ0n) is 11.6. The Kier molecular flexibility index (Phi) is 7.38. The van der Waals surface area contributed by atoms with Gasteiger partial charge in [0.25, 0.3) is 0 Å². The van der Waals surface area contributed by atoms with E-state index < -0.39 is 6.10 Å². The van der Waals surface area contributed by atoms with Crippen molar-refractivity contribution in [3.8, 4) is 0 Å². The number of halogens is 1. The summed E-state index contributed by atoms with van der Waals surface area (Å²) in [5.41, 5.74) is 2.16. The largest absolute Gasteiger partial charge is 0.389 e. The van der Waals surface area contributed by atoms with Crippen molar-refractivity contribution >= 4 is 21.6 Å². The van der Waals surface area contributed by atoms with Crippen molar-refractivity contribution in [2.75, 3.05) is 32.2 Å². The first-order chi connectivity index (χ1) is 9.02. The number of aliphatic hydroxyl groups is 1. The summed E-state index contributed by atoms with van der Waals surface area (Å²) >= 11 is 3.48. The molecule has 19 heavy (non-hydrogen) atoms. The lowest BCUT2D eigenvalue weighted by Crippen LogP contribution is -2.28. The molecule has 0 aliphatic heterocycles. The lowest BCUT2D eigenvalue weighted by atomic mass is 10.2. The molecule has 0 radical (unpaired) electrons. The highest BCUT2D eigenvalue weighted by Crippen LogP contribution is 2.20. The second kappa shape index (κ2) is 8.53. The second-order valence-corrected chi connectivity index (χ2v) is 5.45. The average molecular weight is 332 g/mol. The van der Waals surface area contributed by atoms with Gasteiger partial charge in [0.1, 0.15) is 0 Å². The molecule has 1 rings (SSSR count). The van der Waals surface area contributed by atoms with Crippen molar-refractivity contribution in [2.24, 2.45) is 0 Å². The van der Waals surface area contributed by atoms with Gasteiger partial charge in [-0.2, -0.15) is 0 Å². The van der Waals surface area contributed by atoms with Crippen LogP contribution in [-0.4, -0.2) is 44.2 Å². The fourth-order valence-corrected chi connectivity index (χ4v) is 1.93. The SMILES string of the molecule is COCC(C)OCC(O)CNc1ccc(C)c(Br)c1. The number of anilines is 1. The zero-order chi connectivity index (χ0) is 14.3. The van der Waals surface area contributed by atoms with E-state index in [0.29, 0.717) is 19.8 Å². The van der Waals surface area contributed by atoms with E-state index in [1.807, 2.05) is 32.0 Å². The molecule has 0 aromatic heterocycles. The normalized spacial score (nSPS) is 14.2. The summed E-state index contributed by atoms with van der Waals surface area (Å²) in [4.78, 5) is 0. The van der Waals surface area contributed by atoms with Crippen LogP contribution in [-0.2, 0) is 9.47 Å². The topological polar surface area (TPSA) is 50.7 Å². The summed E-state index contributed by atoms with van der Waals surface area (Å²) in [7, 11) is 1.63. The van der Waals surface area contributed by atoms with E-state index in [9.17, 15) is 5.11 Å². The number of aliphatic hydroxyl groups excluding tert-OH is 1. The van der Waals surface area contributed by atoms with Gasteiger partial charge in [0.15, 0.2) is 0 Å². The van der Waals surface area contributed by atoms with Crippen LogP contribution >= 0.6 is 15.9 Å². The van der Waals surface area contributed by atoms with E-state index in [1.54, 1.807) is 7.11 Å². The van der Waals surface area contributed by atoms with Crippen LogP contribution in [0.1, 0.15) is 12.5 Å². The molecule has 1 aromatic carbocycles. The average Bonchev–Trinajstić information content (AvgIpc) is 2.38. The summed E-state index contributed by atoms with van der Waals surface area (Å²) in [5, 5.41) is 13.0. The van der Waals surface area contributed by atoms with Crippen molar-refractivity contribution < 1.29 is 14.6 Å². The minimum atomic E-state index is -0.542. The van der Waals surface area contributed by atoms with E-state index in [-0.39, 0.29) is 6.10 Å². The van der Waals surface area contributed by atoms with E-state index in [0.717, 1.165) is 10.2 Å². The van der Waals surface area contributed by atoms with Crippen LogP contribution in [0.25, 0.3) is 0 Å². The van der Waals surface area contributed by atoms with Gasteiger partial charge in [-0.25, -0.2) is 0 Å². The van der Waals surface area contributed by atoms with Crippen LogP contribution in [0.3, 0.4) is 0 Å². The van der Waals surface area contributed by atoms with E-state index in [2.05, 4.69) is 21.2 Å². The van der Waals surface area contributed by atoms with Crippen LogP contribution in [0.2, 0.25) is 0 Å². The first kappa shape index (κ1) is 16.4. The summed E-state index contributed by atoms with van der Waals surface area (Å²) in [6.45, 7) is 5.24. The lowest BCUT2D eigenvalue weighted by molar-refractivity contribution is -0.0282. The lowest BCUT2D eigenvalue weighted by Gasteiger charge is -2.17. The molecule has 2 N–H and O–H groups in total. The predicted octanol–water partition coefficient (Wildman–Crippen LogP) is 2.58. The van der Waals surface area contributed by atoms with Crippen molar-refractivity contribution in [2.45, 2.75) is 26.1 Å². The minimum Gasteiger partial charge on any atom is -0.389 e. The number of benzene rings is 1. The number of aryl methyl sites for hydroxylation is 1. The Hall–Kier alpha value is -0.620. The molecule has 0 aliphatic rings. The quantitative estimate of drug-likeness (QED) is 0.768. The Labute approximate surface area is 123 Å². The first-order valence-corrected chi connectivity index (χ1v) is 7.11. The van der Waals surface area contributed by atoms with Gasteiger partial charge in [-0.05, 0) is 31.5 Å². The third-order valence-corrected chi connectivity index (χ3v) is 3.54. The van der Waals surface area contributed by atoms with E-state index in [1.165, 1.54) is 5.56 Å². The highest BCUT2D eigenvalue weighted by atomic mass is 79.9. The molecule has 1 aromatic rings. The standard InChI is InChI=1S/C14H22BrNO3/c1-10-4-5-12(6-14(10)15)16-7-13(17)9-19-11(2)8-18-3/h4-6,11,13,16-17H,7-9H2,1-3H3. The maximum Gasteiger partial charge on any atom is 0.0945 e. The molecular formula is C14H22BrNO3. The maximum atomic E-state index is 9.81. The monoisotopic (exact) mass is 331 g/mol. The zero-order valence-corrected chi connectivity index (χ0v) is 13.2. The number of methoxy groups -OCH3 is 1. The summed E-state index contributed by atoms with van der Waals surface area (Å²) < 4.78 is 11.5. The molecule has 0 bridgehead atoms. The predicted molar refractivity (Wildman–Crippen MR) is 80.7 cm³/mol. The third-order valence-electron chi connectivity index (χ3n) is 2.69. The Bertz CT molecular complexity index is 387. The Balaban J connectivity index is 2.29. The highest BCUT2D eigenvalue weighted by Gasteiger charge is 2.08. The highest BCUT2D eigenvalue weighted by molar-refractivity contribution is 9.10. The molecule has 0 amide bonds. The third kappa shape index (κ3) is 6.38. The van der Waals surface area contributed by atoms with Gasteiger partial charge in [0.2, 0.25) is 0 Å². The Morgan fingerprint density at radius 3 is 2.74 bits per heavy atom. The molecule has 2 unspecified atom stereocenters. The van der Waals surface area contributed by atoms with Crippen molar-refractivity contribution in [1.82, 2.24) is 0 Å². The van der Waals surface area contributed by atoms with Gasteiger partial charge in [-0.1, -0.05) is 22.0 Å². The summed E-state index contributed by atoms with van der Waals surface area (Å²) in [5.74, 6) is 0. The van der Waals surface area contributed by atoms with E-state index in [4.69, 9.17) is 9.47 Å². The van der Waals surface area contributed by atoms with Gasteiger partial charge in [-0.3, -0.25) is 0 Å².